The summed E-state index contributed by atoms with van der Waals surface area (Å²) in [6, 6.07) is 11.8. The molecule has 0 saturated heterocycles. The highest BCUT2D eigenvalue weighted by Gasteiger charge is 2.08. The van der Waals surface area contributed by atoms with Gasteiger partial charge < -0.3 is 14.8 Å². The fourth-order valence-electron chi connectivity index (χ4n) is 1.73. The number of halogens is 3. The van der Waals surface area contributed by atoms with Gasteiger partial charge in [-0.2, -0.15) is 0 Å². The zero-order valence-electron chi connectivity index (χ0n) is 11.3. The first-order valence-corrected chi connectivity index (χ1v) is 8.64. The summed E-state index contributed by atoms with van der Waals surface area (Å²) in [5.41, 5.74) is 1.05. The van der Waals surface area contributed by atoms with Gasteiger partial charge in [-0.1, -0.05) is 12.1 Å². The van der Waals surface area contributed by atoms with Crippen LogP contribution in [0, 0.1) is 0 Å². The number of rotatable bonds is 6. The number of methoxy groups -OCH3 is 1. The molecule has 1 N–H and O–H groups in total. The first kappa shape index (κ1) is 16.6. The van der Waals surface area contributed by atoms with Crippen LogP contribution < -0.4 is 14.8 Å². The Hall–Kier alpha value is -0.720. The van der Waals surface area contributed by atoms with Crippen LogP contribution in [0.2, 0.25) is 0 Å². The summed E-state index contributed by atoms with van der Waals surface area (Å²) in [4.78, 5) is 0. The van der Waals surface area contributed by atoms with Crippen molar-refractivity contribution in [3.63, 3.8) is 0 Å². The van der Waals surface area contributed by atoms with E-state index in [0.717, 1.165) is 30.6 Å². The van der Waals surface area contributed by atoms with E-state index in [1.54, 1.807) is 7.11 Å². The minimum atomic E-state index is 0.554. The van der Waals surface area contributed by atoms with Crippen molar-refractivity contribution in [3.05, 3.63) is 49.8 Å². The third-order valence-corrected chi connectivity index (χ3v) is 4.69. The van der Waals surface area contributed by atoms with Gasteiger partial charge in [-0.3, -0.25) is 0 Å². The van der Waals surface area contributed by atoms with Crippen molar-refractivity contribution >= 4 is 53.5 Å². The molecule has 2 aromatic carbocycles. The lowest BCUT2D eigenvalue weighted by atomic mass is 10.3. The molecule has 21 heavy (non-hydrogen) atoms. The van der Waals surface area contributed by atoms with E-state index in [1.807, 2.05) is 36.4 Å². The van der Waals surface area contributed by atoms with E-state index in [-0.39, 0.29) is 0 Å². The van der Waals surface area contributed by atoms with E-state index < -0.39 is 0 Å². The number of para-hydroxylation sites is 1. The van der Waals surface area contributed by atoms with Crippen molar-refractivity contribution in [2.75, 3.05) is 25.6 Å². The molecular formula is C15H14Br3NO2. The Morgan fingerprint density at radius 3 is 2.33 bits per heavy atom. The van der Waals surface area contributed by atoms with Gasteiger partial charge in [0.15, 0.2) is 0 Å². The molecule has 0 saturated carbocycles. The normalized spacial score (nSPS) is 10.3. The molecule has 0 aliphatic rings. The molecule has 6 heteroatoms. The zero-order chi connectivity index (χ0) is 15.2. The smallest absolute Gasteiger partial charge is 0.134 e. The summed E-state index contributed by atoms with van der Waals surface area (Å²) in [6.07, 6.45) is 0. The zero-order valence-corrected chi connectivity index (χ0v) is 16.1. The Kier molecular flexibility index (Phi) is 6.39. The van der Waals surface area contributed by atoms with Gasteiger partial charge in [-0.15, -0.1) is 0 Å². The average molecular weight is 480 g/mol. The second-order valence-electron chi connectivity index (χ2n) is 4.17. The van der Waals surface area contributed by atoms with Gasteiger partial charge >= 0.3 is 0 Å². The Bertz CT molecular complexity index is 620. The first-order chi connectivity index (χ1) is 10.1. The predicted octanol–water partition coefficient (Wildman–Crippen LogP) is 5.47. The summed E-state index contributed by atoms with van der Waals surface area (Å²) in [5, 5.41) is 3.32. The van der Waals surface area contributed by atoms with Gasteiger partial charge in [0.25, 0.3) is 0 Å². The van der Waals surface area contributed by atoms with Crippen LogP contribution in [-0.4, -0.2) is 20.3 Å². The largest absolute Gasteiger partial charge is 0.496 e. The Labute approximate surface area is 149 Å². The molecule has 2 rings (SSSR count). The van der Waals surface area contributed by atoms with E-state index in [4.69, 9.17) is 9.47 Å². The summed E-state index contributed by atoms with van der Waals surface area (Å²) in [6.45, 7) is 1.26. The lowest BCUT2D eigenvalue weighted by molar-refractivity contribution is 0.329. The molecule has 0 spiro atoms. The lowest BCUT2D eigenvalue weighted by Gasteiger charge is -2.12. The Morgan fingerprint density at radius 1 is 0.952 bits per heavy atom. The van der Waals surface area contributed by atoms with Crippen molar-refractivity contribution in [2.45, 2.75) is 0 Å². The van der Waals surface area contributed by atoms with Crippen molar-refractivity contribution < 1.29 is 9.47 Å². The van der Waals surface area contributed by atoms with Crippen molar-refractivity contribution in [2.24, 2.45) is 0 Å². The minimum Gasteiger partial charge on any atom is -0.496 e. The maximum Gasteiger partial charge on any atom is 0.134 e. The monoisotopic (exact) mass is 477 g/mol. The molecule has 0 unspecified atom stereocenters. The molecule has 0 atom stereocenters. The van der Waals surface area contributed by atoms with Crippen molar-refractivity contribution in [1.29, 1.82) is 0 Å². The van der Waals surface area contributed by atoms with Crippen LogP contribution in [-0.2, 0) is 0 Å². The van der Waals surface area contributed by atoms with Crippen LogP contribution in [0.1, 0.15) is 0 Å². The average Bonchev–Trinajstić information content (AvgIpc) is 2.48. The quantitative estimate of drug-likeness (QED) is 0.557. The first-order valence-electron chi connectivity index (χ1n) is 6.26. The third kappa shape index (κ3) is 4.63. The van der Waals surface area contributed by atoms with Gasteiger partial charge in [-0.05, 0) is 72.1 Å². The molecule has 0 aliphatic heterocycles. The van der Waals surface area contributed by atoms with Crippen LogP contribution in [0.4, 0.5) is 5.69 Å². The van der Waals surface area contributed by atoms with E-state index in [1.165, 1.54) is 0 Å². The van der Waals surface area contributed by atoms with Crippen molar-refractivity contribution in [3.8, 4) is 11.5 Å². The molecule has 112 valence electrons. The standard InChI is InChI=1S/C15H14Br3NO2/c1-20-14-8-12(18)15(9-11(14)17)21-7-6-19-13-5-3-2-4-10(13)16/h2-5,8-9,19H,6-7H2,1H3. The van der Waals surface area contributed by atoms with E-state index in [9.17, 15) is 0 Å². The Balaban J connectivity index is 1.89. The van der Waals surface area contributed by atoms with Crippen LogP contribution >= 0.6 is 47.8 Å². The van der Waals surface area contributed by atoms with Gasteiger partial charge in [0.05, 0.1) is 16.1 Å². The number of nitrogens with one attached hydrogen (secondary N) is 1. The van der Waals surface area contributed by atoms with Gasteiger partial charge in [0.1, 0.15) is 18.1 Å². The fourth-order valence-corrected chi connectivity index (χ4v) is 3.07. The highest BCUT2D eigenvalue weighted by atomic mass is 79.9. The number of hydrogen-bond donors (Lipinski definition) is 1. The molecule has 0 aliphatic carbocycles. The fraction of sp³-hybridized carbons (Fsp3) is 0.200. The minimum absolute atomic E-state index is 0.554. The van der Waals surface area contributed by atoms with Crippen LogP contribution in [0.25, 0.3) is 0 Å². The molecule has 0 amide bonds. The van der Waals surface area contributed by atoms with Crippen LogP contribution in [0.5, 0.6) is 11.5 Å². The van der Waals surface area contributed by atoms with Crippen molar-refractivity contribution in [1.82, 2.24) is 0 Å². The summed E-state index contributed by atoms with van der Waals surface area (Å²) in [5.74, 6) is 1.54. The highest BCUT2D eigenvalue weighted by molar-refractivity contribution is 9.11. The number of ether oxygens (including phenoxy) is 2. The number of hydrogen-bond acceptors (Lipinski definition) is 3. The van der Waals surface area contributed by atoms with Gasteiger partial charge in [-0.25, -0.2) is 0 Å². The van der Waals surface area contributed by atoms with E-state index in [0.29, 0.717) is 13.2 Å². The molecule has 3 nitrogen and oxygen atoms in total. The second kappa shape index (κ2) is 8.06. The van der Waals surface area contributed by atoms with Crippen LogP contribution in [0.3, 0.4) is 0 Å². The molecule has 0 heterocycles. The van der Waals surface area contributed by atoms with Crippen LogP contribution in [0.15, 0.2) is 49.8 Å². The molecule has 0 fully saturated rings. The maximum atomic E-state index is 5.77. The summed E-state index contributed by atoms with van der Waals surface area (Å²) >= 11 is 10.4. The molecule has 0 radical (unpaired) electrons. The predicted molar refractivity (Wildman–Crippen MR) is 96.5 cm³/mol. The molecule has 0 aromatic heterocycles. The summed E-state index contributed by atoms with van der Waals surface area (Å²) < 4.78 is 13.8. The molecular weight excluding hydrogens is 466 g/mol. The Morgan fingerprint density at radius 2 is 1.62 bits per heavy atom. The lowest BCUT2D eigenvalue weighted by Crippen LogP contribution is -2.12. The summed E-state index contributed by atoms with van der Waals surface area (Å²) in [7, 11) is 1.63. The second-order valence-corrected chi connectivity index (χ2v) is 6.74. The molecule has 2 aromatic rings. The van der Waals surface area contributed by atoms with E-state index >= 15 is 0 Å². The number of benzene rings is 2. The highest BCUT2D eigenvalue weighted by Crippen LogP contribution is 2.35. The SMILES string of the molecule is COc1cc(Br)c(OCCNc2ccccc2Br)cc1Br. The third-order valence-electron chi connectivity index (χ3n) is 2.76. The van der Waals surface area contributed by atoms with Gasteiger partial charge in [0, 0.05) is 16.7 Å². The molecule has 0 bridgehead atoms. The maximum absolute atomic E-state index is 5.77. The number of anilines is 1. The van der Waals surface area contributed by atoms with E-state index in [2.05, 4.69) is 53.1 Å². The topological polar surface area (TPSA) is 30.5 Å². The van der Waals surface area contributed by atoms with Gasteiger partial charge in [0.2, 0.25) is 0 Å².